The predicted octanol–water partition coefficient (Wildman–Crippen LogP) is 4.94. The molecule has 0 aliphatic heterocycles. The van der Waals surface area contributed by atoms with Gasteiger partial charge in [0.1, 0.15) is 11.0 Å². The van der Waals surface area contributed by atoms with Crippen LogP contribution in [-0.2, 0) is 27.5 Å². The van der Waals surface area contributed by atoms with E-state index in [1.807, 2.05) is 66.7 Å². The van der Waals surface area contributed by atoms with Crippen molar-refractivity contribution in [3.63, 3.8) is 0 Å². The first-order chi connectivity index (χ1) is 16.4. The van der Waals surface area contributed by atoms with Gasteiger partial charge in [-0.1, -0.05) is 66.7 Å². The number of carboxylic acids is 1. The van der Waals surface area contributed by atoms with Gasteiger partial charge in [0.25, 0.3) is 0 Å². The SMILES string of the molecule is O=C(O)COc1ccc2c(c1)-c1nc(S(=O)(=O)C(c3ccccc3)c3ccccc3)sc1CC2. The van der Waals surface area contributed by atoms with E-state index in [0.29, 0.717) is 29.0 Å². The highest BCUT2D eigenvalue weighted by Crippen LogP contribution is 2.43. The summed E-state index contributed by atoms with van der Waals surface area (Å²) in [5.41, 5.74) is 3.83. The van der Waals surface area contributed by atoms with Crippen molar-refractivity contribution < 1.29 is 23.1 Å². The van der Waals surface area contributed by atoms with Crippen LogP contribution in [0.4, 0.5) is 0 Å². The summed E-state index contributed by atoms with van der Waals surface area (Å²) in [4.78, 5) is 16.4. The van der Waals surface area contributed by atoms with E-state index in [2.05, 4.69) is 4.98 Å². The highest BCUT2D eigenvalue weighted by atomic mass is 32.2. The summed E-state index contributed by atoms with van der Waals surface area (Å²) >= 11 is 1.21. The van der Waals surface area contributed by atoms with Crippen LogP contribution in [0.25, 0.3) is 11.3 Å². The van der Waals surface area contributed by atoms with Crippen LogP contribution in [0, 0.1) is 0 Å². The fourth-order valence-corrected chi connectivity index (χ4v) is 7.53. The fraction of sp³-hybridized carbons (Fsp3) is 0.154. The van der Waals surface area contributed by atoms with E-state index in [4.69, 9.17) is 9.84 Å². The average Bonchev–Trinajstić information content (AvgIpc) is 3.30. The van der Waals surface area contributed by atoms with E-state index < -0.39 is 27.7 Å². The third-order valence-electron chi connectivity index (χ3n) is 5.76. The number of rotatable bonds is 7. The van der Waals surface area contributed by atoms with Crippen LogP contribution < -0.4 is 4.74 Å². The van der Waals surface area contributed by atoms with E-state index in [9.17, 15) is 13.2 Å². The van der Waals surface area contributed by atoms with Gasteiger partial charge < -0.3 is 9.84 Å². The van der Waals surface area contributed by atoms with Crippen LogP contribution in [0.2, 0.25) is 0 Å². The number of nitrogens with zero attached hydrogens (tertiary/aromatic N) is 1. The first-order valence-corrected chi connectivity index (χ1v) is 13.1. The van der Waals surface area contributed by atoms with Crippen molar-refractivity contribution in [3.8, 4) is 17.0 Å². The summed E-state index contributed by atoms with van der Waals surface area (Å²) in [6.45, 7) is -0.446. The maximum Gasteiger partial charge on any atom is 0.341 e. The second-order valence-electron chi connectivity index (χ2n) is 8.00. The van der Waals surface area contributed by atoms with Crippen molar-refractivity contribution >= 4 is 27.1 Å². The molecule has 8 heteroatoms. The number of carbonyl (C=O) groups is 1. The molecule has 0 atom stereocenters. The number of thiazole rings is 1. The molecular weight excluding hydrogens is 470 g/mol. The smallest absolute Gasteiger partial charge is 0.341 e. The van der Waals surface area contributed by atoms with E-state index in [-0.39, 0.29) is 4.34 Å². The number of sulfone groups is 1. The molecule has 5 rings (SSSR count). The molecule has 0 amide bonds. The Kier molecular flexibility index (Phi) is 5.93. The first-order valence-electron chi connectivity index (χ1n) is 10.7. The average molecular weight is 492 g/mol. The second-order valence-corrected chi connectivity index (χ2v) is 11.3. The maximum absolute atomic E-state index is 14.0. The lowest BCUT2D eigenvalue weighted by molar-refractivity contribution is -0.139. The van der Waals surface area contributed by atoms with Crippen LogP contribution >= 0.6 is 11.3 Å². The monoisotopic (exact) mass is 491 g/mol. The van der Waals surface area contributed by atoms with E-state index in [1.54, 1.807) is 12.1 Å². The zero-order valence-corrected chi connectivity index (χ0v) is 19.7. The molecular formula is C26H21NO5S2. The summed E-state index contributed by atoms with van der Waals surface area (Å²) in [5.74, 6) is -0.647. The Morgan fingerprint density at radius 1 is 0.971 bits per heavy atom. The van der Waals surface area contributed by atoms with Crippen molar-refractivity contribution in [1.82, 2.24) is 4.98 Å². The third kappa shape index (κ3) is 4.22. The Hall–Kier alpha value is -3.49. The molecule has 0 spiro atoms. The molecule has 0 radical (unpaired) electrons. The van der Waals surface area contributed by atoms with Gasteiger partial charge in [-0.2, -0.15) is 0 Å². The van der Waals surface area contributed by atoms with Gasteiger partial charge in [0.15, 0.2) is 6.61 Å². The molecule has 6 nitrogen and oxygen atoms in total. The number of hydrogen-bond acceptors (Lipinski definition) is 6. The Balaban J connectivity index is 1.58. The third-order valence-corrected chi connectivity index (χ3v) is 9.36. The van der Waals surface area contributed by atoms with Crippen molar-refractivity contribution in [1.29, 1.82) is 0 Å². The van der Waals surface area contributed by atoms with Gasteiger partial charge in [0.05, 0.1) is 5.69 Å². The summed E-state index contributed by atoms with van der Waals surface area (Å²) < 4.78 is 33.3. The minimum Gasteiger partial charge on any atom is -0.482 e. The topological polar surface area (TPSA) is 93.6 Å². The molecule has 1 aliphatic rings. The van der Waals surface area contributed by atoms with Gasteiger partial charge in [0.2, 0.25) is 14.2 Å². The standard InChI is InChI=1S/C26H21NO5S2/c28-23(29)16-32-20-13-11-17-12-14-22-24(21(17)15-20)27-26(33-22)34(30,31)25(18-7-3-1-4-8-18)19-9-5-2-6-10-19/h1-11,13,15,25H,12,14,16H2,(H,28,29). The van der Waals surface area contributed by atoms with Gasteiger partial charge in [-0.15, -0.1) is 11.3 Å². The minimum absolute atomic E-state index is 0.0833. The van der Waals surface area contributed by atoms with Gasteiger partial charge >= 0.3 is 5.97 Å². The molecule has 3 aromatic carbocycles. The predicted molar refractivity (Wildman–Crippen MR) is 130 cm³/mol. The summed E-state index contributed by atoms with van der Waals surface area (Å²) in [7, 11) is -3.84. The van der Waals surface area contributed by atoms with Gasteiger partial charge in [-0.3, -0.25) is 0 Å². The number of carboxylic acid groups (broad SMARTS) is 1. The zero-order valence-electron chi connectivity index (χ0n) is 18.0. The highest BCUT2D eigenvalue weighted by molar-refractivity contribution is 7.93. The summed E-state index contributed by atoms with van der Waals surface area (Å²) in [6.07, 6.45) is 1.45. The van der Waals surface area contributed by atoms with Crippen molar-refractivity contribution in [2.75, 3.05) is 6.61 Å². The first kappa shape index (κ1) is 22.3. The maximum atomic E-state index is 14.0. The van der Waals surface area contributed by atoms with Gasteiger partial charge in [-0.25, -0.2) is 18.2 Å². The normalized spacial score (nSPS) is 12.7. The minimum atomic E-state index is -3.84. The molecule has 1 aromatic heterocycles. The summed E-state index contributed by atoms with van der Waals surface area (Å²) in [5, 5.41) is 8.03. The molecule has 0 saturated heterocycles. The van der Waals surface area contributed by atoms with Crippen molar-refractivity contribution in [2.24, 2.45) is 0 Å². The number of fused-ring (bicyclic) bond motifs is 3. The quantitative estimate of drug-likeness (QED) is 0.394. The van der Waals surface area contributed by atoms with Crippen LogP contribution in [0.15, 0.2) is 83.2 Å². The highest BCUT2D eigenvalue weighted by Gasteiger charge is 2.35. The van der Waals surface area contributed by atoms with E-state index in [1.165, 1.54) is 11.3 Å². The zero-order chi connectivity index (χ0) is 23.7. The molecule has 34 heavy (non-hydrogen) atoms. The molecule has 0 saturated carbocycles. The molecule has 0 bridgehead atoms. The Bertz CT molecular complexity index is 1410. The largest absolute Gasteiger partial charge is 0.482 e. The lowest BCUT2D eigenvalue weighted by Gasteiger charge is -2.17. The number of hydrogen-bond donors (Lipinski definition) is 1. The lowest BCUT2D eigenvalue weighted by Crippen LogP contribution is -2.15. The molecule has 1 aliphatic carbocycles. The van der Waals surface area contributed by atoms with Crippen LogP contribution in [0.3, 0.4) is 0 Å². The van der Waals surface area contributed by atoms with Crippen molar-refractivity contribution in [3.05, 3.63) is 100 Å². The molecule has 172 valence electrons. The Labute approximate surface area is 201 Å². The van der Waals surface area contributed by atoms with Crippen molar-refractivity contribution in [2.45, 2.75) is 22.4 Å². The second kappa shape index (κ2) is 9.04. The van der Waals surface area contributed by atoms with E-state index >= 15 is 0 Å². The van der Waals surface area contributed by atoms with Gasteiger partial charge in [0, 0.05) is 10.4 Å². The lowest BCUT2D eigenvalue weighted by atomic mass is 9.93. The van der Waals surface area contributed by atoms with E-state index in [0.717, 1.165) is 22.4 Å². The number of aromatic nitrogens is 1. The van der Waals surface area contributed by atoms with Crippen LogP contribution in [-0.4, -0.2) is 31.1 Å². The van der Waals surface area contributed by atoms with Crippen LogP contribution in [0.1, 0.15) is 26.8 Å². The van der Waals surface area contributed by atoms with Crippen LogP contribution in [0.5, 0.6) is 5.75 Å². The number of ether oxygens (including phenoxy) is 1. The van der Waals surface area contributed by atoms with Gasteiger partial charge in [-0.05, 0) is 41.7 Å². The molecule has 0 unspecified atom stereocenters. The molecule has 1 N–H and O–H groups in total. The number of aliphatic carboxylic acids is 1. The number of aryl methyl sites for hydroxylation is 2. The fourth-order valence-electron chi connectivity index (χ4n) is 4.22. The summed E-state index contributed by atoms with van der Waals surface area (Å²) in [6, 6.07) is 23.7. The molecule has 4 aromatic rings. The Morgan fingerprint density at radius 2 is 1.62 bits per heavy atom. The molecule has 1 heterocycles. The Morgan fingerprint density at radius 3 is 2.24 bits per heavy atom. The molecule has 0 fully saturated rings. The number of benzene rings is 3.